The van der Waals surface area contributed by atoms with E-state index >= 15 is 0 Å². The second-order valence-corrected chi connectivity index (χ2v) is 6.08. The lowest BCUT2D eigenvalue weighted by molar-refractivity contribution is 0.885. The molecule has 2 aromatic heterocycles. The lowest BCUT2D eigenvalue weighted by Crippen LogP contribution is -1.96. The Morgan fingerprint density at radius 1 is 1.31 bits per heavy atom. The summed E-state index contributed by atoms with van der Waals surface area (Å²) in [4.78, 5) is 4.22. The maximum absolute atomic E-state index is 6.28. The summed E-state index contributed by atoms with van der Waals surface area (Å²) in [5.41, 5.74) is 1.82. The monoisotopic (exact) mass is 291 g/mol. The molecule has 0 fully saturated rings. The van der Waals surface area contributed by atoms with Crippen LogP contribution in [-0.4, -0.2) is 4.98 Å². The second kappa shape index (κ2) is 5.37. The molecule has 0 saturated heterocycles. The minimum Gasteiger partial charge on any atom is -0.261 e. The zero-order valence-corrected chi connectivity index (χ0v) is 11.2. The molecule has 0 aliphatic rings. The van der Waals surface area contributed by atoms with Crippen molar-refractivity contribution in [3.05, 3.63) is 50.4 Å². The molecule has 0 N–H and O–H groups in total. The first kappa shape index (κ1) is 12.2. The van der Waals surface area contributed by atoms with Crippen LogP contribution in [0.2, 0.25) is 8.67 Å². The number of rotatable bonds is 3. The Hall–Kier alpha value is -0.280. The van der Waals surface area contributed by atoms with Gasteiger partial charge in [-0.15, -0.1) is 22.9 Å². The first-order chi connectivity index (χ1) is 7.66. The highest BCUT2D eigenvalue weighted by atomic mass is 35.5. The van der Waals surface area contributed by atoms with E-state index in [1.54, 1.807) is 6.20 Å². The van der Waals surface area contributed by atoms with Crippen molar-refractivity contribution in [2.75, 3.05) is 0 Å². The molecule has 16 heavy (non-hydrogen) atoms. The maximum atomic E-state index is 6.28. The van der Waals surface area contributed by atoms with Gasteiger partial charge < -0.3 is 0 Å². The zero-order valence-electron chi connectivity index (χ0n) is 8.16. The summed E-state index contributed by atoms with van der Waals surface area (Å²) in [7, 11) is 0. The van der Waals surface area contributed by atoms with Crippen molar-refractivity contribution in [3.8, 4) is 0 Å². The standard InChI is InChI=1S/C11H8Cl3NS/c12-9(5-7-3-1-2-4-15-7)8-6-10(13)16-11(8)14/h1-4,6,9H,5H2. The Morgan fingerprint density at radius 3 is 2.69 bits per heavy atom. The van der Waals surface area contributed by atoms with Crippen LogP contribution >= 0.6 is 46.1 Å². The fourth-order valence-electron chi connectivity index (χ4n) is 1.38. The van der Waals surface area contributed by atoms with Gasteiger partial charge in [-0.1, -0.05) is 29.3 Å². The third-order valence-electron chi connectivity index (χ3n) is 2.14. The highest BCUT2D eigenvalue weighted by Gasteiger charge is 2.16. The second-order valence-electron chi connectivity index (χ2n) is 3.27. The van der Waals surface area contributed by atoms with Crippen LogP contribution in [0, 0.1) is 0 Å². The van der Waals surface area contributed by atoms with Crippen molar-refractivity contribution in [1.82, 2.24) is 4.98 Å². The van der Waals surface area contributed by atoms with Crippen LogP contribution in [0.3, 0.4) is 0 Å². The quantitative estimate of drug-likeness (QED) is 0.728. The summed E-state index contributed by atoms with van der Waals surface area (Å²) in [5, 5.41) is -0.189. The van der Waals surface area contributed by atoms with Crippen LogP contribution in [0.4, 0.5) is 0 Å². The number of aromatic nitrogens is 1. The molecule has 2 rings (SSSR count). The predicted molar refractivity (Wildman–Crippen MR) is 70.9 cm³/mol. The van der Waals surface area contributed by atoms with E-state index in [0.717, 1.165) is 11.3 Å². The van der Waals surface area contributed by atoms with Gasteiger partial charge in [-0.05, 0) is 18.2 Å². The largest absolute Gasteiger partial charge is 0.261 e. The van der Waals surface area contributed by atoms with Gasteiger partial charge >= 0.3 is 0 Å². The van der Waals surface area contributed by atoms with Crippen LogP contribution in [0.15, 0.2) is 30.5 Å². The SMILES string of the molecule is Clc1cc(C(Cl)Cc2ccccn2)c(Cl)s1. The highest BCUT2D eigenvalue weighted by molar-refractivity contribution is 7.20. The Morgan fingerprint density at radius 2 is 2.12 bits per heavy atom. The first-order valence-electron chi connectivity index (χ1n) is 4.65. The van der Waals surface area contributed by atoms with Gasteiger partial charge in [0.2, 0.25) is 0 Å². The third-order valence-corrected chi connectivity index (χ3v) is 4.04. The topological polar surface area (TPSA) is 12.9 Å². The molecular weight excluding hydrogens is 285 g/mol. The lowest BCUT2D eigenvalue weighted by Gasteiger charge is -2.07. The smallest absolute Gasteiger partial charge is 0.0991 e. The van der Waals surface area contributed by atoms with Crippen LogP contribution in [0.5, 0.6) is 0 Å². The first-order valence-corrected chi connectivity index (χ1v) is 6.66. The molecule has 2 aromatic rings. The molecule has 0 radical (unpaired) electrons. The Balaban J connectivity index is 2.14. The Kier molecular flexibility index (Phi) is 4.09. The summed E-state index contributed by atoms with van der Waals surface area (Å²) in [6, 6.07) is 7.57. The van der Waals surface area contributed by atoms with Gasteiger partial charge in [-0.3, -0.25) is 4.98 Å². The summed E-state index contributed by atoms with van der Waals surface area (Å²) >= 11 is 19.5. The zero-order chi connectivity index (χ0) is 11.5. The van der Waals surface area contributed by atoms with Crippen molar-refractivity contribution in [1.29, 1.82) is 0 Å². The number of alkyl halides is 1. The molecule has 1 unspecified atom stereocenters. The van der Waals surface area contributed by atoms with E-state index in [1.165, 1.54) is 11.3 Å². The molecular formula is C11H8Cl3NS. The van der Waals surface area contributed by atoms with Crippen molar-refractivity contribution < 1.29 is 0 Å². The van der Waals surface area contributed by atoms with Crippen LogP contribution in [0.25, 0.3) is 0 Å². The van der Waals surface area contributed by atoms with Gasteiger partial charge in [0, 0.05) is 23.9 Å². The normalized spacial score (nSPS) is 12.7. The van der Waals surface area contributed by atoms with E-state index in [4.69, 9.17) is 34.8 Å². The molecule has 0 aromatic carbocycles. The van der Waals surface area contributed by atoms with Gasteiger partial charge in [0.25, 0.3) is 0 Å². The molecule has 1 nitrogen and oxygen atoms in total. The van der Waals surface area contributed by atoms with Crippen molar-refractivity contribution in [3.63, 3.8) is 0 Å². The molecule has 2 heterocycles. The fraction of sp³-hybridized carbons (Fsp3) is 0.182. The van der Waals surface area contributed by atoms with Gasteiger partial charge in [0.1, 0.15) is 0 Å². The van der Waals surface area contributed by atoms with Crippen LogP contribution < -0.4 is 0 Å². The van der Waals surface area contributed by atoms with Gasteiger partial charge in [0.05, 0.1) is 14.0 Å². The molecule has 0 saturated carbocycles. The van der Waals surface area contributed by atoms with Gasteiger partial charge in [-0.2, -0.15) is 0 Å². The molecule has 84 valence electrons. The average molecular weight is 293 g/mol. The van der Waals surface area contributed by atoms with Gasteiger partial charge in [0.15, 0.2) is 0 Å². The minimum atomic E-state index is -0.189. The summed E-state index contributed by atoms with van der Waals surface area (Å²) in [6.07, 6.45) is 2.40. The van der Waals surface area contributed by atoms with E-state index in [0.29, 0.717) is 15.1 Å². The van der Waals surface area contributed by atoms with Gasteiger partial charge in [-0.25, -0.2) is 0 Å². The number of halogens is 3. The maximum Gasteiger partial charge on any atom is 0.0991 e. The lowest BCUT2D eigenvalue weighted by atomic mass is 10.1. The summed E-state index contributed by atoms with van der Waals surface area (Å²) in [6.45, 7) is 0. The average Bonchev–Trinajstić information content (AvgIpc) is 2.59. The van der Waals surface area contributed by atoms with Crippen molar-refractivity contribution in [2.24, 2.45) is 0 Å². The fourth-order valence-corrected chi connectivity index (χ4v) is 3.41. The molecule has 0 aliphatic carbocycles. The Bertz CT molecular complexity index is 469. The Labute approximate surface area is 113 Å². The van der Waals surface area contributed by atoms with Crippen molar-refractivity contribution in [2.45, 2.75) is 11.8 Å². The predicted octanol–water partition coefficient (Wildman–Crippen LogP) is 4.97. The van der Waals surface area contributed by atoms with Crippen LogP contribution in [-0.2, 0) is 6.42 Å². The van der Waals surface area contributed by atoms with Crippen molar-refractivity contribution >= 4 is 46.1 Å². The number of thiophene rings is 1. The van der Waals surface area contributed by atoms with E-state index < -0.39 is 0 Å². The number of hydrogen-bond acceptors (Lipinski definition) is 2. The third kappa shape index (κ3) is 2.89. The highest BCUT2D eigenvalue weighted by Crippen LogP contribution is 2.38. The molecule has 0 spiro atoms. The van der Waals surface area contributed by atoms with E-state index in [1.807, 2.05) is 24.3 Å². The molecule has 5 heteroatoms. The summed E-state index contributed by atoms with van der Waals surface area (Å²) in [5.74, 6) is 0. The molecule has 1 atom stereocenters. The summed E-state index contributed by atoms with van der Waals surface area (Å²) < 4.78 is 1.31. The van der Waals surface area contributed by atoms with Crippen LogP contribution in [0.1, 0.15) is 16.6 Å². The number of nitrogens with zero attached hydrogens (tertiary/aromatic N) is 1. The van der Waals surface area contributed by atoms with E-state index in [-0.39, 0.29) is 5.38 Å². The minimum absolute atomic E-state index is 0.189. The molecule has 0 amide bonds. The van der Waals surface area contributed by atoms with E-state index in [9.17, 15) is 0 Å². The number of pyridine rings is 1. The molecule has 0 bridgehead atoms. The number of hydrogen-bond donors (Lipinski definition) is 0. The molecule has 0 aliphatic heterocycles. The van der Waals surface area contributed by atoms with E-state index in [2.05, 4.69) is 4.98 Å².